The van der Waals surface area contributed by atoms with Crippen LogP contribution in [0, 0.1) is 13.8 Å². The molecule has 0 radical (unpaired) electrons. The lowest BCUT2D eigenvalue weighted by molar-refractivity contribution is 0.0602. The molecule has 2 rings (SSSR count). The molecular weight excluding hydrogens is 286 g/mol. The number of benzene rings is 2. The Hall–Kier alpha value is -2.00. The third kappa shape index (κ3) is 3.76. The lowest BCUT2D eigenvalue weighted by Gasteiger charge is -2.12. The summed E-state index contributed by atoms with van der Waals surface area (Å²) >= 11 is 6.00. The van der Waals surface area contributed by atoms with Crippen LogP contribution in [0.4, 0.5) is 5.69 Å². The summed E-state index contributed by atoms with van der Waals surface area (Å²) in [4.78, 5) is 11.8. The van der Waals surface area contributed by atoms with Crippen molar-refractivity contribution in [3.63, 3.8) is 0 Å². The van der Waals surface area contributed by atoms with Gasteiger partial charge < -0.3 is 10.1 Å². The third-order valence-corrected chi connectivity index (χ3v) is 3.68. The highest BCUT2D eigenvalue weighted by Gasteiger charge is 2.12. The SMILES string of the molecule is COC(=O)c1ccc(Cl)cc1NCc1ccc(C)c(C)c1. The van der Waals surface area contributed by atoms with Crippen molar-refractivity contribution in [2.75, 3.05) is 12.4 Å². The molecule has 0 heterocycles. The van der Waals surface area contributed by atoms with Crippen LogP contribution in [-0.2, 0) is 11.3 Å². The number of hydrogen-bond acceptors (Lipinski definition) is 3. The first-order valence-corrected chi connectivity index (χ1v) is 7.07. The standard InChI is InChI=1S/C17H18ClNO2/c1-11-4-5-13(8-12(11)2)10-19-16-9-14(18)6-7-15(16)17(20)21-3/h4-9,19H,10H2,1-3H3. The number of ether oxygens (including phenoxy) is 1. The molecule has 0 bridgehead atoms. The number of rotatable bonds is 4. The fourth-order valence-corrected chi connectivity index (χ4v) is 2.23. The summed E-state index contributed by atoms with van der Waals surface area (Å²) in [6.45, 7) is 4.78. The molecule has 0 saturated heterocycles. The van der Waals surface area contributed by atoms with Crippen LogP contribution in [0.2, 0.25) is 5.02 Å². The molecule has 2 aromatic carbocycles. The molecule has 110 valence electrons. The molecule has 0 aromatic heterocycles. The molecule has 2 aromatic rings. The van der Waals surface area contributed by atoms with Gasteiger partial charge in [0.15, 0.2) is 0 Å². The van der Waals surface area contributed by atoms with Crippen molar-refractivity contribution in [3.05, 3.63) is 63.7 Å². The molecule has 0 fully saturated rings. The molecule has 0 aliphatic heterocycles. The van der Waals surface area contributed by atoms with Gasteiger partial charge in [-0.05, 0) is 48.7 Å². The van der Waals surface area contributed by atoms with Gasteiger partial charge in [0.25, 0.3) is 0 Å². The monoisotopic (exact) mass is 303 g/mol. The Balaban J connectivity index is 2.20. The summed E-state index contributed by atoms with van der Waals surface area (Å²) in [5.74, 6) is -0.380. The molecule has 0 spiro atoms. The molecule has 0 aliphatic carbocycles. The predicted molar refractivity (Wildman–Crippen MR) is 86.0 cm³/mol. The third-order valence-electron chi connectivity index (χ3n) is 3.44. The van der Waals surface area contributed by atoms with Crippen molar-refractivity contribution in [2.24, 2.45) is 0 Å². The Labute approximate surface area is 129 Å². The molecule has 1 N–H and O–H groups in total. The largest absolute Gasteiger partial charge is 0.465 e. The number of carbonyl (C=O) groups is 1. The van der Waals surface area contributed by atoms with Gasteiger partial charge in [-0.1, -0.05) is 29.8 Å². The maximum Gasteiger partial charge on any atom is 0.339 e. The maximum absolute atomic E-state index is 11.8. The maximum atomic E-state index is 11.8. The summed E-state index contributed by atoms with van der Waals surface area (Å²) < 4.78 is 4.78. The van der Waals surface area contributed by atoms with Crippen LogP contribution in [0.5, 0.6) is 0 Å². The number of anilines is 1. The summed E-state index contributed by atoms with van der Waals surface area (Å²) in [5.41, 5.74) is 4.80. The van der Waals surface area contributed by atoms with E-state index in [0.717, 1.165) is 5.56 Å². The molecule has 3 nitrogen and oxygen atoms in total. The number of carbonyl (C=O) groups excluding carboxylic acids is 1. The van der Waals surface area contributed by atoms with E-state index in [0.29, 0.717) is 22.8 Å². The van der Waals surface area contributed by atoms with Gasteiger partial charge in [0.2, 0.25) is 0 Å². The van der Waals surface area contributed by atoms with Gasteiger partial charge in [0.05, 0.1) is 18.4 Å². The zero-order chi connectivity index (χ0) is 15.4. The molecule has 0 aliphatic rings. The van der Waals surface area contributed by atoms with Crippen LogP contribution in [-0.4, -0.2) is 13.1 Å². The predicted octanol–water partition coefficient (Wildman–Crippen LogP) is 4.36. The highest BCUT2D eigenvalue weighted by molar-refractivity contribution is 6.31. The molecule has 0 saturated carbocycles. The average molecular weight is 304 g/mol. The van der Waals surface area contributed by atoms with E-state index in [2.05, 4.69) is 37.4 Å². The molecule has 0 atom stereocenters. The van der Waals surface area contributed by atoms with Crippen LogP contribution in [0.3, 0.4) is 0 Å². The summed E-state index contributed by atoms with van der Waals surface area (Å²) in [6.07, 6.45) is 0. The smallest absolute Gasteiger partial charge is 0.339 e. The van der Waals surface area contributed by atoms with E-state index in [1.54, 1.807) is 18.2 Å². The Kier molecular flexibility index (Phi) is 4.86. The molecule has 4 heteroatoms. The quantitative estimate of drug-likeness (QED) is 0.853. The van der Waals surface area contributed by atoms with Gasteiger partial charge in [-0.25, -0.2) is 4.79 Å². The number of hydrogen-bond donors (Lipinski definition) is 1. The average Bonchev–Trinajstić information content (AvgIpc) is 2.48. The number of methoxy groups -OCH3 is 1. The highest BCUT2D eigenvalue weighted by Crippen LogP contribution is 2.23. The Morgan fingerprint density at radius 3 is 2.57 bits per heavy atom. The van der Waals surface area contributed by atoms with Crippen molar-refractivity contribution in [3.8, 4) is 0 Å². The minimum Gasteiger partial charge on any atom is -0.465 e. The minimum atomic E-state index is -0.380. The summed E-state index contributed by atoms with van der Waals surface area (Å²) in [6, 6.07) is 11.4. The second-order valence-corrected chi connectivity index (χ2v) is 5.39. The van der Waals surface area contributed by atoms with E-state index in [9.17, 15) is 4.79 Å². The number of nitrogens with one attached hydrogen (secondary N) is 1. The van der Waals surface area contributed by atoms with E-state index < -0.39 is 0 Å². The van der Waals surface area contributed by atoms with Crippen LogP contribution >= 0.6 is 11.6 Å². The summed E-state index contributed by atoms with van der Waals surface area (Å²) in [5, 5.41) is 3.82. The van der Waals surface area contributed by atoms with Gasteiger partial charge in [0, 0.05) is 11.6 Å². The van der Waals surface area contributed by atoms with E-state index >= 15 is 0 Å². The van der Waals surface area contributed by atoms with E-state index in [1.807, 2.05) is 0 Å². The van der Waals surface area contributed by atoms with E-state index in [-0.39, 0.29) is 5.97 Å². The molecule has 21 heavy (non-hydrogen) atoms. The Bertz CT molecular complexity index is 668. The first kappa shape index (κ1) is 15.4. The molecule has 0 amide bonds. The van der Waals surface area contributed by atoms with Gasteiger partial charge in [-0.2, -0.15) is 0 Å². The first-order chi connectivity index (χ1) is 10.0. The second kappa shape index (κ2) is 6.64. The highest BCUT2D eigenvalue weighted by atomic mass is 35.5. The van der Waals surface area contributed by atoms with Crippen molar-refractivity contribution < 1.29 is 9.53 Å². The lowest BCUT2D eigenvalue weighted by Crippen LogP contribution is -2.08. The zero-order valence-electron chi connectivity index (χ0n) is 12.4. The van der Waals surface area contributed by atoms with Crippen LogP contribution in [0.1, 0.15) is 27.0 Å². The molecule has 0 unspecified atom stereocenters. The van der Waals surface area contributed by atoms with Crippen molar-refractivity contribution in [2.45, 2.75) is 20.4 Å². The Morgan fingerprint density at radius 1 is 1.14 bits per heavy atom. The number of halogens is 1. The second-order valence-electron chi connectivity index (χ2n) is 4.95. The van der Waals surface area contributed by atoms with Crippen molar-refractivity contribution >= 4 is 23.3 Å². The number of aryl methyl sites for hydroxylation is 2. The normalized spacial score (nSPS) is 10.3. The minimum absolute atomic E-state index is 0.380. The van der Waals surface area contributed by atoms with Crippen molar-refractivity contribution in [1.82, 2.24) is 0 Å². The van der Waals surface area contributed by atoms with Crippen molar-refractivity contribution in [1.29, 1.82) is 0 Å². The first-order valence-electron chi connectivity index (χ1n) is 6.69. The number of esters is 1. The van der Waals surface area contributed by atoms with Gasteiger partial charge in [-0.15, -0.1) is 0 Å². The van der Waals surface area contributed by atoms with Crippen LogP contribution in [0.25, 0.3) is 0 Å². The van der Waals surface area contributed by atoms with Crippen LogP contribution in [0.15, 0.2) is 36.4 Å². The van der Waals surface area contributed by atoms with Crippen LogP contribution < -0.4 is 5.32 Å². The van der Waals surface area contributed by atoms with Gasteiger partial charge >= 0.3 is 5.97 Å². The summed E-state index contributed by atoms with van der Waals surface area (Å²) in [7, 11) is 1.37. The zero-order valence-corrected chi connectivity index (χ0v) is 13.1. The Morgan fingerprint density at radius 2 is 1.90 bits per heavy atom. The molecular formula is C17H18ClNO2. The fraction of sp³-hybridized carbons (Fsp3) is 0.235. The van der Waals surface area contributed by atoms with Gasteiger partial charge in [0.1, 0.15) is 0 Å². The van der Waals surface area contributed by atoms with E-state index in [4.69, 9.17) is 16.3 Å². The topological polar surface area (TPSA) is 38.3 Å². The van der Waals surface area contributed by atoms with E-state index in [1.165, 1.54) is 18.2 Å². The lowest BCUT2D eigenvalue weighted by atomic mass is 10.1. The fourth-order valence-electron chi connectivity index (χ4n) is 2.06. The van der Waals surface area contributed by atoms with Gasteiger partial charge in [-0.3, -0.25) is 0 Å².